The first kappa shape index (κ1) is 7.45. The van der Waals surface area contributed by atoms with Gasteiger partial charge < -0.3 is 9.80 Å². The predicted molar refractivity (Wildman–Crippen MR) is 43.4 cm³/mol. The van der Waals surface area contributed by atoms with Gasteiger partial charge >= 0.3 is 0 Å². The van der Waals surface area contributed by atoms with Gasteiger partial charge in [0.15, 0.2) is 0 Å². The van der Waals surface area contributed by atoms with Crippen LogP contribution in [-0.4, -0.2) is 29.1 Å². The summed E-state index contributed by atoms with van der Waals surface area (Å²) in [5.41, 5.74) is 0. The van der Waals surface area contributed by atoms with Gasteiger partial charge in [0.1, 0.15) is 0 Å². The minimum absolute atomic E-state index is 0.632. The molecule has 0 aliphatic carbocycles. The van der Waals surface area contributed by atoms with Gasteiger partial charge in [-0.25, -0.2) is 0 Å². The van der Waals surface area contributed by atoms with Crippen LogP contribution < -0.4 is 0 Å². The molecule has 58 valence electrons. The van der Waals surface area contributed by atoms with Gasteiger partial charge in [0.05, 0.1) is 6.67 Å². The van der Waals surface area contributed by atoms with E-state index in [9.17, 15) is 0 Å². The third-order valence-electron chi connectivity index (χ3n) is 1.88. The van der Waals surface area contributed by atoms with Crippen molar-refractivity contribution in [1.82, 2.24) is 9.80 Å². The van der Waals surface area contributed by atoms with Crippen LogP contribution in [0.5, 0.6) is 0 Å². The van der Waals surface area contributed by atoms with Crippen molar-refractivity contribution in [2.24, 2.45) is 0 Å². The molecule has 0 saturated heterocycles. The Labute approximate surface area is 63.1 Å². The molecule has 1 rings (SSSR count). The highest BCUT2D eigenvalue weighted by molar-refractivity contribution is 4.91. The summed E-state index contributed by atoms with van der Waals surface area (Å²) in [5, 5.41) is 0. The molecule has 1 heterocycles. The molecule has 0 fully saturated rings. The normalized spacial score (nSPS) is 17.6. The highest BCUT2D eigenvalue weighted by atomic mass is 15.3. The molecule has 0 aromatic heterocycles. The summed E-state index contributed by atoms with van der Waals surface area (Å²) in [4.78, 5) is 4.61. The van der Waals surface area contributed by atoms with Crippen LogP contribution >= 0.6 is 0 Å². The van der Waals surface area contributed by atoms with E-state index in [2.05, 4.69) is 43.0 Å². The van der Waals surface area contributed by atoms with Crippen molar-refractivity contribution < 1.29 is 0 Å². The fourth-order valence-electron chi connectivity index (χ4n) is 1.02. The minimum Gasteiger partial charge on any atom is -0.359 e. The number of hydrogen-bond donors (Lipinski definition) is 0. The maximum absolute atomic E-state index is 2.32. The lowest BCUT2D eigenvalue weighted by Crippen LogP contribution is -2.29. The fourth-order valence-corrected chi connectivity index (χ4v) is 1.02. The van der Waals surface area contributed by atoms with E-state index in [0.29, 0.717) is 6.04 Å². The van der Waals surface area contributed by atoms with Gasteiger partial charge in [-0.2, -0.15) is 0 Å². The van der Waals surface area contributed by atoms with E-state index >= 15 is 0 Å². The molecule has 0 unspecified atom stereocenters. The van der Waals surface area contributed by atoms with Crippen molar-refractivity contribution >= 4 is 0 Å². The molecule has 2 heteroatoms. The van der Waals surface area contributed by atoms with Crippen LogP contribution in [0.25, 0.3) is 0 Å². The quantitative estimate of drug-likeness (QED) is 0.573. The Kier molecular flexibility index (Phi) is 2.20. The average molecular weight is 140 g/mol. The lowest BCUT2D eigenvalue weighted by Gasteiger charge is -2.23. The summed E-state index contributed by atoms with van der Waals surface area (Å²) in [7, 11) is 0. The van der Waals surface area contributed by atoms with Crippen molar-refractivity contribution in [2.45, 2.75) is 26.8 Å². The summed E-state index contributed by atoms with van der Waals surface area (Å²) < 4.78 is 0. The van der Waals surface area contributed by atoms with Gasteiger partial charge in [-0.1, -0.05) is 0 Å². The van der Waals surface area contributed by atoms with E-state index in [4.69, 9.17) is 0 Å². The van der Waals surface area contributed by atoms with E-state index in [1.807, 2.05) is 0 Å². The zero-order valence-corrected chi connectivity index (χ0v) is 7.04. The van der Waals surface area contributed by atoms with Crippen molar-refractivity contribution in [3.05, 3.63) is 12.4 Å². The zero-order valence-electron chi connectivity index (χ0n) is 7.04. The molecular weight excluding hydrogens is 124 g/mol. The standard InChI is InChI=1S/C8H16N2/c1-4-9-5-6-10(7-9)8(2)3/h5-6,8H,4,7H2,1-3H3. The molecule has 1 aliphatic heterocycles. The topological polar surface area (TPSA) is 6.48 Å². The SMILES string of the molecule is CCN1C=CN(C(C)C)C1. The maximum atomic E-state index is 2.32. The third kappa shape index (κ3) is 1.43. The summed E-state index contributed by atoms with van der Waals surface area (Å²) >= 11 is 0. The molecule has 0 saturated carbocycles. The Balaban J connectivity index is 2.37. The molecule has 0 aromatic carbocycles. The van der Waals surface area contributed by atoms with Crippen LogP contribution in [0.4, 0.5) is 0 Å². The second-order valence-electron chi connectivity index (χ2n) is 2.95. The second kappa shape index (κ2) is 2.95. The van der Waals surface area contributed by atoms with E-state index < -0.39 is 0 Å². The molecule has 0 atom stereocenters. The zero-order chi connectivity index (χ0) is 7.56. The Bertz CT molecular complexity index is 129. The number of nitrogens with zero attached hydrogens (tertiary/aromatic N) is 2. The van der Waals surface area contributed by atoms with Gasteiger partial charge in [0, 0.05) is 25.0 Å². The van der Waals surface area contributed by atoms with Gasteiger partial charge in [-0.3, -0.25) is 0 Å². The molecule has 1 aliphatic rings. The lowest BCUT2D eigenvalue weighted by atomic mass is 10.4. The molecule has 0 N–H and O–H groups in total. The summed E-state index contributed by atoms with van der Waals surface area (Å²) in [6.45, 7) is 8.77. The molecule has 0 amide bonds. The first-order valence-electron chi connectivity index (χ1n) is 3.92. The van der Waals surface area contributed by atoms with Crippen LogP contribution in [0.3, 0.4) is 0 Å². The third-order valence-corrected chi connectivity index (χ3v) is 1.88. The van der Waals surface area contributed by atoms with Gasteiger partial charge in [-0.15, -0.1) is 0 Å². The summed E-state index contributed by atoms with van der Waals surface area (Å²) in [5.74, 6) is 0. The summed E-state index contributed by atoms with van der Waals surface area (Å²) in [6.07, 6.45) is 4.31. The monoisotopic (exact) mass is 140 g/mol. The average Bonchev–Trinajstić information content (AvgIpc) is 2.34. The minimum atomic E-state index is 0.632. The van der Waals surface area contributed by atoms with Crippen LogP contribution in [-0.2, 0) is 0 Å². The molecule has 10 heavy (non-hydrogen) atoms. The van der Waals surface area contributed by atoms with Crippen molar-refractivity contribution in [2.75, 3.05) is 13.2 Å². The number of hydrogen-bond acceptors (Lipinski definition) is 2. The van der Waals surface area contributed by atoms with Crippen molar-refractivity contribution in [3.8, 4) is 0 Å². The Morgan fingerprint density at radius 1 is 1.40 bits per heavy atom. The molecule has 0 radical (unpaired) electrons. The lowest BCUT2D eigenvalue weighted by molar-refractivity contribution is 0.237. The van der Waals surface area contributed by atoms with Gasteiger partial charge in [0.25, 0.3) is 0 Å². The van der Waals surface area contributed by atoms with E-state index in [0.717, 1.165) is 13.2 Å². The first-order valence-corrected chi connectivity index (χ1v) is 3.92. The molecular formula is C8H16N2. The van der Waals surface area contributed by atoms with Gasteiger partial charge in [0.2, 0.25) is 0 Å². The van der Waals surface area contributed by atoms with E-state index in [1.165, 1.54) is 0 Å². The highest BCUT2D eigenvalue weighted by Crippen LogP contribution is 2.08. The second-order valence-corrected chi connectivity index (χ2v) is 2.95. The Hall–Kier alpha value is -0.660. The maximum Gasteiger partial charge on any atom is 0.0896 e. The number of rotatable bonds is 2. The van der Waals surface area contributed by atoms with E-state index in [1.54, 1.807) is 0 Å². The molecule has 2 nitrogen and oxygen atoms in total. The fraction of sp³-hybridized carbons (Fsp3) is 0.750. The Morgan fingerprint density at radius 2 is 2.10 bits per heavy atom. The van der Waals surface area contributed by atoms with Gasteiger partial charge in [-0.05, 0) is 20.8 Å². The molecule has 0 bridgehead atoms. The summed E-state index contributed by atoms with van der Waals surface area (Å²) in [6, 6.07) is 0.632. The first-order chi connectivity index (χ1) is 4.74. The van der Waals surface area contributed by atoms with Crippen molar-refractivity contribution in [1.29, 1.82) is 0 Å². The smallest absolute Gasteiger partial charge is 0.0896 e. The largest absolute Gasteiger partial charge is 0.359 e. The van der Waals surface area contributed by atoms with Crippen LogP contribution in [0.1, 0.15) is 20.8 Å². The van der Waals surface area contributed by atoms with Crippen molar-refractivity contribution in [3.63, 3.8) is 0 Å². The predicted octanol–water partition coefficient (Wildman–Crippen LogP) is 1.46. The molecule has 0 aromatic rings. The van der Waals surface area contributed by atoms with Crippen LogP contribution in [0, 0.1) is 0 Å². The Morgan fingerprint density at radius 3 is 2.40 bits per heavy atom. The highest BCUT2D eigenvalue weighted by Gasteiger charge is 2.11. The van der Waals surface area contributed by atoms with E-state index in [-0.39, 0.29) is 0 Å². The van der Waals surface area contributed by atoms with Crippen LogP contribution in [0.2, 0.25) is 0 Å². The van der Waals surface area contributed by atoms with Crippen LogP contribution in [0.15, 0.2) is 12.4 Å². The molecule has 0 spiro atoms.